The molecule has 0 aromatic carbocycles. The van der Waals surface area contributed by atoms with Crippen LogP contribution in [-0.2, 0) is 15.1 Å². The summed E-state index contributed by atoms with van der Waals surface area (Å²) in [5.74, 6) is -1.74. The highest BCUT2D eigenvalue weighted by molar-refractivity contribution is 7.83. The van der Waals surface area contributed by atoms with Crippen LogP contribution < -0.4 is 4.72 Å². The summed E-state index contributed by atoms with van der Waals surface area (Å²) in [5.41, 5.74) is 0. The Hall–Kier alpha value is -0.660. The second-order valence-electron chi connectivity index (χ2n) is 2.65. The summed E-state index contributed by atoms with van der Waals surface area (Å²) < 4.78 is 30.3. The van der Waals surface area contributed by atoms with Crippen LogP contribution in [0.4, 0.5) is 0 Å². The maximum absolute atomic E-state index is 10.4. The van der Waals surface area contributed by atoms with Crippen molar-refractivity contribution in [1.29, 1.82) is 0 Å². The van der Waals surface area contributed by atoms with Crippen molar-refractivity contribution >= 4 is 16.3 Å². The fourth-order valence-corrected chi connectivity index (χ4v) is 1.33. The van der Waals surface area contributed by atoms with Gasteiger partial charge in [-0.15, -0.1) is 0 Å². The quantitative estimate of drug-likeness (QED) is 0.526. The van der Waals surface area contributed by atoms with E-state index in [2.05, 4.69) is 0 Å². The first-order chi connectivity index (χ1) is 5.24. The van der Waals surface area contributed by atoms with Gasteiger partial charge >= 0.3 is 16.3 Å². The van der Waals surface area contributed by atoms with E-state index in [4.69, 9.17) is 9.66 Å². The van der Waals surface area contributed by atoms with Crippen molar-refractivity contribution in [2.45, 2.75) is 19.9 Å². The SMILES string of the molecule is CC(C)[C@H](NS(=O)(=O)O)C(=O)O. The van der Waals surface area contributed by atoms with Crippen molar-refractivity contribution in [3.8, 4) is 0 Å². The topological polar surface area (TPSA) is 104 Å². The lowest BCUT2D eigenvalue weighted by Crippen LogP contribution is -2.43. The van der Waals surface area contributed by atoms with Crippen LogP contribution in [0.15, 0.2) is 0 Å². The fourth-order valence-electron chi connectivity index (χ4n) is 0.632. The minimum Gasteiger partial charge on any atom is -0.480 e. The average Bonchev–Trinajstić information content (AvgIpc) is 1.79. The van der Waals surface area contributed by atoms with Gasteiger partial charge < -0.3 is 5.11 Å². The van der Waals surface area contributed by atoms with Crippen molar-refractivity contribution < 1.29 is 22.9 Å². The maximum Gasteiger partial charge on any atom is 0.334 e. The smallest absolute Gasteiger partial charge is 0.334 e. The van der Waals surface area contributed by atoms with E-state index in [0.29, 0.717) is 0 Å². The van der Waals surface area contributed by atoms with Gasteiger partial charge in [-0.25, -0.2) is 0 Å². The van der Waals surface area contributed by atoms with Gasteiger partial charge in [0.25, 0.3) is 0 Å². The number of carboxylic acids is 1. The van der Waals surface area contributed by atoms with Crippen LogP contribution in [-0.4, -0.2) is 30.1 Å². The zero-order chi connectivity index (χ0) is 9.94. The van der Waals surface area contributed by atoms with Crippen LogP contribution in [0.3, 0.4) is 0 Å². The molecule has 7 heteroatoms. The Balaban J connectivity index is 4.46. The third-order valence-electron chi connectivity index (χ3n) is 1.21. The molecule has 0 aliphatic heterocycles. The molecule has 0 spiro atoms. The predicted octanol–water partition coefficient (Wildman–Crippen LogP) is -0.512. The number of carboxylic acid groups (broad SMARTS) is 1. The first kappa shape index (κ1) is 11.3. The standard InChI is InChI=1S/C5H11NO5S/c1-3(2)4(5(7)8)6-12(9,10)11/h3-4,6H,1-2H3,(H,7,8)(H,9,10,11)/t4-/m0/s1. The molecule has 0 saturated heterocycles. The third-order valence-corrected chi connectivity index (χ3v) is 1.76. The van der Waals surface area contributed by atoms with Crippen molar-refractivity contribution in [3.05, 3.63) is 0 Å². The van der Waals surface area contributed by atoms with Gasteiger partial charge in [0.15, 0.2) is 0 Å². The molecule has 0 heterocycles. The van der Waals surface area contributed by atoms with Crippen molar-refractivity contribution in [1.82, 2.24) is 4.72 Å². The lowest BCUT2D eigenvalue weighted by atomic mass is 10.1. The summed E-state index contributed by atoms with van der Waals surface area (Å²) in [6.07, 6.45) is 0. The number of hydrogen-bond acceptors (Lipinski definition) is 3. The van der Waals surface area contributed by atoms with Gasteiger partial charge in [-0.2, -0.15) is 13.1 Å². The average molecular weight is 197 g/mol. The Morgan fingerprint density at radius 1 is 1.42 bits per heavy atom. The van der Waals surface area contributed by atoms with Gasteiger partial charge in [-0.1, -0.05) is 13.8 Å². The van der Waals surface area contributed by atoms with Crippen LogP contribution in [0.5, 0.6) is 0 Å². The number of carbonyl (C=O) groups is 1. The van der Waals surface area contributed by atoms with E-state index in [9.17, 15) is 13.2 Å². The molecule has 0 aliphatic carbocycles. The number of nitrogens with one attached hydrogen (secondary N) is 1. The highest BCUT2D eigenvalue weighted by Crippen LogP contribution is 2.02. The molecule has 0 rings (SSSR count). The van der Waals surface area contributed by atoms with Crippen molar-refractivity contribution in [2.24, 2.45) is 5.92 Å². The van der Waals surface area contributed by atoms with Crippen LogP contribution in [0.2, 0.25) is 0 Å². The Morgan fingerprint density at radius 2 is 1.83 bits per heavy atom. The largest absolute Gasteiger partial charge is 0.480 e. The lowest BCUT2D eigenvalue weighted by molar-refractivity contribution is -0.140. The molecule has 0 aliphatic rings. The predicted molar refractivity (Wildman–Crippen MR) is 40.9 cm³/mol. The van der Waals surface area contributed by atoms with E-state index in [1.165, 1.54) is 13.8 Å². The molecular weight excluding hydrogens is 186 g/mol. The second kappa shape index (κ2) is 3.83. The van der Waals surface area contributed by atoms with E-state index < -0.39 is 28.2 Å². The Bertz CT molecular complexity index is 257. The molecule has 0 saturated carbocycles. The molecule has 6 nitrogen and oxygen atoms in total. The summed E-state index contributed by atoms with van der Waals surface area (Å²) in [6, 6.07) is -1.29. The molecule has 3 N–H and O–H groups in total. The third kappa shape index (κ3) is 4.27. The number of rotatable bonds is 4. The van der Waals surface area contributed by atoms with Gasteiger partial charge in [-0.3, -0.25) is 9.35 Å². The zero-order valence-electron chi connectivity index (χ0n) is 6.68. The molecule has 1 atom stereocenters. The van der Waals surface area contributed by atoms with Gasteiger partial charge in [-0.05, 0) is 5.92 Å². The summed E-state index contributed by atoms with van der Waals surface area (Å²) in [6.45, 7) is 3.05. The summed E-state index contributed by atoms with van der Waals surface area (Å²) >= 11 is 0. The van der Waals surface area contributed by atoms with E-state index >= 15 is 0 Å². The molecule has 0 fully saturated rings. The molecule has 0 bridgehead atoms. The second-order valence-corrected chi connectivity index (χ2v) is 3.84. The van der Waals surface area contributed by atoms with Gasteiger partial charge in [0, 0.05) is 0 Å². The zero-order valence-corrected chi connectivity index (χ0v) is 7.50. The van der Waals surface area contributed by atoms with E-state index in [1.54, 1.807) is 4.72 Å². The van der Waals surface area contributed by atoms with Crippen LogP contribution in [0.25, 0.3) is 0 Å². The first-order valence-electron chi connectivity index (χ1n) is 3.21. The molecule has 0 radical (unpaired) electrons. The molecule has 0 aromatic heterocycles. The first-order valence-corrected chi connectivity index (χ1v) is 4.65. The minimum atomic E-state index is -4.44. The molecule has 12 heavy (non-hydrogen) atoms. The summed E-state index contributed by atoms with van der Waals surface area (Å²) in [4.78, 5) is 10.4. The van der Waals surface area contributed by atoms with Crippen LogP contribution in [0.1, 0.15) is 13.8 Å². The highest BCUT2D eigenvalue weighted by Gasteiger charge is 2.25. The van der Waals surface area contributed by atoms with Crippen LogP contribution >= 0.6 is 0 Å². The maximum atomic E-state index is 10.4. The molecular formula is C5H11NO5S. The molecule has 0 amide bonds. The Labute approximate surface area is 70.5 Å². The Kier molecular flexibility index (Phi) is 3.62. The normalized spacial score (nSPS) is 14.7. The lowest BCUT2D eigenvalue weighted by Gasteiger charge is -2.14. The van der Waals surface area contributed by atoms with E-state index in [0.717, 1.165) is 0 Å². The van der Waals surface area contributed by atoms with Crippen molar-refractivity contribution in [3.63, 3.8) is 0 Å². The number of aliphatic carboxylic acids is 1. The fraction of sp³-hybridized carbons (Fsp3) is 0.800. The van der Waals surface area contributed by atoms with Gasteiger partial charge in [0.1, 0.15) is 6.04 Å². The molecule has 0 aromatic rings. The van der Waals surface area contributed by atoms with E-state index in [1.807, 2.05) is 0 Å². The number of hydrogen-bond donors (Lipinski definition) is 3. The van der Waals surface area contributed by atoms with E-state index in [-0.39, 0.29) is 0 Å². The summed E-state index contributed by atoms with van der Waals surface area (Å²) in [5, 5.41) is 8.47. The van der Waals surface area contributed by atoms with Gasteiger partial charge in [0.2, 0.25) is 0 Å². The highest BCUT2D eigenvalue weighted by atomic mass is 32.2. The monoisotopic (exact) mass is 197 g/mol. The Morgan fingerprint density at radius 3 is 1.92 bits per heavy atom. The summed E-state index contributed by atoms with van der Waals surface area (Å²) in [7, 11) is -4.44. The molecule has 72 valence electrons. The van der Waals surface area contributed by atoms with Crippen molar-refractivity contribution in [2.75, 3.05) is 0 Å². The molecule has 0 unspecified atom stereocenters. The van der Waals surface area contributed by atoms with Crippen LogP contribution in [0, 0.1) is 5.92 Å². The minimum absolute atomic E-state index is 0.426. The van der Waals surface area contributed by atoms with Gasteiger partial charge in [0.05, 0.1) is 0 Å².